The molecule has 37 heavy (non-hydrogen) atoms. The highest BCUT2D eigenvalue weighted by atomic mass is 16.8. The molecule has 2 N–H and O–H groups in total. The molecule has 1 spiro atoms. The van der Waals surface area contributed by atoms with Crippen LogP contribution in [-0.4, -0.2) is 68.8 Å². The summed E-state index contributed by atoms with van der Waals surface area (Å²) in [7, 11) is 0. The van der Waals surface area contributed by atoms with Gasteiger partial charge in [-0.1, -0.05) is 24.6 Å². The van der Waals surface area contributed by atoms with Gasteiger partial charge < -0.3 is 29.2 Å². The van der Waals surface area contributed by atoms with E-state index in [1.165, 1.54) is 0 Å². The molecule has 0 amide bonds. The summed E-state index contributed by atoms with van der Waals surface area (Å²) in [6, 6.07) is 0. The Morgan fingerprint density at radius 1 is 1.05 bits per heavy atom. The first kappa shape index (κ1) is 21.8. The number of allylic oxidation sites excluding steroid dienone is 4. The third kappa shape index (κ3) is 1.65. The molecule has 0 radical (unpaired) electrons. The quantitative estimate of drug-likeness (QED) is 0.362. The first-order valence-electron chi connectivity index (χ1n) is 13.5. The van der Waals surface area contributed by atoms with Crippen molar-refractivity contribution in [3.63, 3.8) is 0 Å². The Hall–Kier alpha value is -2.07. The van der Waals surface area contributed by atoms with Gasteiger partial charge in [0.1, 0.15) is 11.7 Å². The maximum Gasteiger partial charge on any atom is 0.342 e. The van der Waals surface area contributed by atoms with Gasteiger partial charge in [-0.3, -0.25) is 9.59 Å². The fourth-order valence-corrected chi connectivity index (χ4v) is 11.6. The van der Waals surface area contributed by atoms with E-state index in [1.54, 1.807) is 13.0 Å². The first-order valence-corrected chi connectivity index (χ1v) is 13.5. The lowest BCUT2D eigenvalue weighted by Crippen LogP contribution is -2.82. The Balaban J connectivity index is 1.39. The third-order valence-corrected chi connectivity index (χ3v) is 12.9. The molecule has 0 aromatic rings. The van der Waals surface area contributed by atoms with Crippen molar-refractivity contribution in [2.24, 2.45) is 40.4 Å². The largest absolute Gasteiger partial charge is 0.458 e. The molecule has 13 atom stereocenters. The SMILES string of the molecule is C[C@]12C(=O)C=CCC1=CCC1C2[C@H]2C[C@@]3(O)C(=O)O[C@@]4(C)[C@H]5C[C@@]6(C)C7C2(O)C1(OC[C@H]6C(=O)O5)OC734. The number of ether oxygens (including phenoxy) is 4. The summed E-state index contributed by atoms with van der Waals surface area (Å²) in [5.41, 5.74) is -7.71. The zero-order valence-electron chi connectivity index (χ0n) is 21.0. The van der Waals surface area contributed by atoms with Crippen molar-refractivity contribution < 1.29 is 43.5 Å². The standard InChI is InChI=1S/C28H30O9/c1-22-10-17-24(3)27-20(22)26(33)14(9-25(27,32)21(31)36-24)18-13(8-7-12-5-4-6-16(29)23(12,18)2)28(26,37-27)34-11-15(22)19(30)35-17/h4,6-7,13-15,17-18,20,32-33H,5,8-11H2,1-3H3/t13?,14-,15+,17-,18?,20?,22-,23-,24+,25-,26?,27?,28?/m1/s1. The average Bonchev–Trinajstić information content (AvgIpc) is 3.21. The Labute approximate surface area is 213 Å². The number of fused-ring (bicyclic) bond motifs is 6. The smallest absolute Gasteiger partial charge is 0.342 e. The molecule has 5 aliphatic carbocycles. The number of rotatable bonds is 0. The minimum atomic E-state index is -2.09. The zero-order chi connectivity index (χ0) is 25.8. The summed E-state index contributed by atoms with van der Waals surface area (Å²) in [5.74, 6) is -5.97. The van der Waals surface area contributed by atoms with Crippen LogP contribution in [0.4, 0.5) is 0 Å². The topological polar surface area (TPSA) is 129 Å². The van der Waals surface area contributed by atoms with Crippen LogP contribution in [0.5, 0.6) is 0 Å². The number of carbonyl (C=O) groups excluding carboxylic acids is 3. The van der Waals surface area contributed by atoms with E-state index in [2.05, 4.69) is 6.08 Å². The van der Waals surface area contributed by atoms with E-state index in [0.717, 1.165) is 5.57 Å². The van der Waals surface area contributed by atoms with E-state index in [4.69, 9.17) is 18.9 Å². The lowest BCUT2D eigenvalue weighted by Gasteiger charge is -2.66. The summed E-state index contributed by atoms with van der Waals surface area (Å²) in [5, 5.41) is 25.7. The van der Waals surface area contributed by atoms with Crippen molar-refractivity contribution in [1.29, 1.82) is 0 Å². The number of ketones is 1. The molecule has 9 rings (SSSR count). The predicted molar refractivity (Wildman–Crippen MR) is 121 cm³/mol. The minimum absolute atomic E-state index is 0.00202. The van der Waals surface area contributed by atoms with Gasteiger partial charge in [0.25, 0.3) is 0 Å². The van der Waals surface area contributed by atoms with Crippen molar-refractivity contribution in [3.05, 3.63) is 23.8 Å². The number of aliphatic hydroxyl groups is 2. The highest BCUT2D eigenvalue weighted by Gasteiger charge is 3.01. The molecule has 9 aliphatic rings. The molecular weight excluding hydrogens is 480 g/mol. The van der Waals surface area contributed by atoms with Gasteiger partial charge in [0.05, 0.1) is 17.9 Å². The monoisotopic (exact) mass is 510 g/mol. The van der Waals surface area contributed by atoms with Crippen molar-refractivity contribution in [1.82, 2.24) is 0 Å². The highest BCUT2D eigenvalue weighted by molar-refractivity contribution is 5.99. The van der Waals surface area contributed by atoms with Crippen LogP contribution < -0.4 is 0 Å². The minimum Gasteiger partial charge on any atom is -0.458 e. The van der Waals surface area contributed by atoms with Gasteiger partial charge in [-0.05, 0) is 56.9 Å². The molecule has 6 unspecified atom stereocenters. The maximum absolute atomic E-state index is 13.7. The zero-order valence-corrected chi connectivity index (χ0v) is 21.0. The van der Waals surface area contributed by atoms with E-state index >= 15 is 0 Å². The predicted octanol–water partition coefficient (Wildman–Crippen LogP) is 0.959. The third-order valence-electron chi connectivity index (χ3n) is 12.9. The van der Waals surface area contributed by atoms with Gasteiger partial charge in [-0.2, -0.15) is 0 Å². The van der Waals surface area contributed by atoms with E-state index in [9.17, 15) is 24.6 Å². The lowest BCUT2D eigenvalue weighted by molar-refractivity contribution is -0.372. The van der Waals surface area contributed by atoms with Crippen LogP contribution in [0.15, 0.2) is 23.8 Å². The second kappa shape index (κ2) is 5.48. The molecule has 0 aromatic heterocycles. The number of hydrogen-bond acceptors (Lipinski definition) is 9. The summed E-state index contributed by atoms with van der Waals surface area (Å²) in [6.07, 6.45) is 6.15. The number of esters is 2. The molecule has 4 aliphatic heterocycles. The molecule has 4 saturated heterocycles. The summed E-state index contributed by atoms with van der Waals surface area (Å²) < 4.78 is 25.6. The Morgan fingerprint density at radius 2 is 1.84 bits per heavy atom. The Bertz CT molecular complexity index is 1340. The molecule has 3 saturated carbocycles. The second-order valence-corrected chi connectivity index (χ2v) is 13.7. The van der Waals surface area contributed by atoms with Crippen molar-refractivity contribution in [2.45, 2.75) is 80.7 Å². The maximum atomic E-state index is 13.7. The molecule has 0 aromatic carbocycles. The van der Waals surface area contributed by atoms with Gasteiger partial charge in [-0.15, -0.1) is 0 Å². The summed E-state index contributed by atoms with van der Waals surface area (Å²) in [4.78, 5) is 40.7. The first-order chi connectivity index (χ1) is 17.4. The van der Waals surface area contributed by atoms with E-state index < -0.39 is 86.7 Å². The van der Waals surface area contributed by atoms with Crippen molar-refractivity contribution in [2.75, 3.05) is 6.61 Å². The number of carbonyl (C=O) groups is 3. The van der Waals surface area contributed by atoms with E-state index in [-0.39, 0.29) is 18.8 Å². The van der Waals surface area contributed by atoms with Crippen LogP contribution in [0.2, 0.25) is 0 Å². The van der Waals surface area contributed by atoms with Crippen LogP contribution in [0.3, 0.4) is 0 Å². The van der Waals surface area contributed by atoms with Gasteiger partial charge in [-0.25, -0.2) is 4.79 Å². The Kier molecular flexibility index (Phi) is 3.23. The Morgan fingerprint density at radius 3 is 2.62 bits per heavy atom. The normalized spacial score (nSPS) is 65.0. The fraction of sp³-hybridized carbons (Fsp3) is 0.750. The van der Waals surface area contributed by atoms with E-state index in [0.29, 0.717) is 19.3 Å². The average molecular weight is 511 g/mol. The van der Waals surface area contributed by atoms with Crippen molar-refractivity contribution in [3.8, 4) is 0 Å². The highest BCUT2D eigenvalue weighted by Crippen LogP contribution is 2.85. The van der Waals surface area contributed by atoms with Gasteiger partial charge >= 0.3 is 11.9 Å². The van der Waals surface area contributed by atoms with Crippen LogP contribution in [0.25, 0.3) is 0 Å². The summed E-state index contributed by atoms with van der Waals surface area (Å²) >= 11 is 0. The van der Waals surface area contributed by atoms with Crippen LogP contribution >= 0.6 is 0 Å². The van der Waals surface area contributed by atoms with Crippen molar-refractivity contribution >= 4 is 17.7 Å². The molecular formula is C28H30O9. The molecule has 9 nitrogen and oxygen atoms in total. The van der Waals surface area contributed by atoms with Crippen LogP contribution in [-0.2, 0) is 33.3 Å². The molecule has 6 bridgehead atoms. The molecule has 7 fully saturated rings. The van der Waals surface area contributed by atoms with Gasteiger partial charge in [0.2, 0.25) is 5.79 Å². The van der Waals surface area contributed by atoms with Crippen LogP contribution in [0.1, 0.15) is 46.5 Å². The summed E-state index contributed by atoms with van der Waals surface area (Å²) in [6.45, 7) is 5.53. The van der Waals surface area contributed by atoms with Gasteiger partial charge in [0, 0.05) is 17.8 Å². The molecule has 4 heterocycles. The van der Waals surface area contributed by atoms with E-state index in [1.807, 2.05) is 19.9 Å². The van der Waals surface area contributed by atoms with Gasteiger partial charge in [0.15, 0.2) is 22.6 Å². The molecule has 196 valence electrons. The molecule has 9 heteroatoms. The lowest BCUT2D eigenvalue weighted by atomic mass is 9.39. The number of hydrogen-bond donors (Lipinski definition) is 2. The van der Waals surface area contributed by atoms with Crippen LogP contribution in [0, 0.1) is 40.4 Å². The second-order valence-electron chi connectivity index (χ2n) is 13.7. The fourth-order valence-electron chi connectivity index (χ4n) is 11.6.